The van der Waals surface area contributed by atoms with Gasteiger partial charge >= 0.3 is 0 Å². The molecule has 2 heterocycles. The minimum Gasteiger partial charge on any atom is -0.341 e. The molecule has 2 atom stereocenters. The van der Waals surface area contributed by atoms with Gasteiger partial charge in [0, 0.05) is 19.1 Å². The molecule has 0 aromatic carbocycles. The van der Waals surface area contributed by atoms with Crippen molar-refractivity contribution in [1.82, 2.24) is 15.1 Å². The van der Waals surface area contributed by atoms with E-state index >= 15 is 0 Å². The number of carbonyl (C=O) groups excluding carboxylic acids is 3. The minimum atomic E-state index is -0.163. The fourth-order valence-electron chi connectivity index (χ4n) is 4.04. The predicted octanol–water partition coefficient (Wildman–Crippen LogP) is 0.372. The van der Waals surface area contributed by atoms with Crippen molar-refractivity contribution in [2.24, 2.45) is 11.8 Å². The second-order valence-electron chi connectivity index (χ2n) is 6.70. The van der Waals surface area contributed by atoms with Gasteiger partial charge in [-0.05, 0) is 32.7 Å². The third-order valence-corrected chi connectivity index (χ3v) is 5.48. The molecule has 2 aliphatic heterocycles. The number of likely N-dealkylation sites (tertiary alicyclic amines) is 2. The Kier molecular flexibility index (Phi) is 4.47. The molecule has 6 nitrogen and oxygen atoms in total. The van der Waals surface area contributed by atoms with E-state index in [0.29, 0.717) is 19.1 Å². The number of fused-ring (bicyclic) bond motifs is 1. The number of imide groups is 1. The molecule has 0 bridgehead atoms. The maximum atomic E-state index is 12.4. The zero-order valence-corrected chi connectivity index (χ0v) is 13.2. The summed E-state index contributed by atoms with van der Waals surface area (Å²) < 4.78 is 0. The minimum absolute atomic E-state index is 0.0606. The van der Waals surface area contributed by atoms with E-state index in [9.17, 15) is 14.4 Å². The normalized spacial score (nSPS) is 29.9. The Morgan fingerprint density at radius 3 is 2.09 bits per heavy atom. The SMILES string of the molecule is CNC1CCN(C(=O)CN2C(=O)C3CCCCC3C2=O)CC1. The third kappa shape index (κ3) is 2.76. The van der Waals surface area contributed by atoms with Crippen LogP contribution in [0.4, 0.5) is 0 Å². The Morgan fingerprint density at radius 1 is 1.05 bits per heavy atom. The molecule has 3 amide bonds. The Labute approximate surface area is 131 Å². The molecule has 122 valence electrons. The van der Waals surface area contributed by atoms with E-state index in [-0.39, 0.29) is 36.1 Å². The van der Waals surface area contributed by atoms with Crippen LogP contribution in [-0.2, 0) is 14.4 Å². The molecule has 2 unspecified atom stereocenters. The molecule has 1 saturated carbocycles. The molecular formula is C16H25N3O3. The molecule has 3 rings (SSSR count). The lowest BCUT2D eigenvalue weighted by Gasteiger charge is -2.32. The van der Waals surface area contributed by atoms with Gasteiger partial charge in [-0.2, -0.15) is 0 Å². The molecular weight excluding hydrogens is 282 g/mol. The van der Waals surface area contributed by atoms with Gasteiger partial charge in [-0.1, -0.05) is 12.8 Å². The van der Waals surface area contributed by atoms with Crippen LogP contribution in [0, 0.1) is 11.8 Å². The number of amides is 3. The highest BCUT2D eigenvalue weighted by Crippen LogP contribution is 2.37. The number of hydrogen-bond acceptors (Lipinski definition) is 4. The quantitative estimate of drug-likeness (QED) is 0.765. The summed E-state index contributed by atoms with van der Waals surface area (Å²) in [4.78, 5) is 40.2. The second-order valence-corrected chi connectivity index (χ2v) is 6.70. The lowest BCUT2D eigenvalue weighted by atomic mass is 9.81. The van der Waals surface area contributed by atoms with Crippen molar-refractivity contribution >= 4 is 17.7 Å². The van der Waals surface area contributed by atoms with Crippen molar-refractivity contribution in [3.05, 3.63) is 0 Å². The van der Waals surface area contributed by atoms with E-state index in [0.717, 1.165) is 38.5 Å². The van der Waals surface area contributed by atoms with Gasteiger partial charge in [0.2, 0.25) is 17.7 Å². The summed E-state index contributed by atoms with van der Waals surface area (Å²) in [5, 5.41) is 3.23. The van der Waals surface area contributed by atoms with E-state index < -0.39 is 0 Å². The van der Waals surface area contributed by atoms with Gasteiger partial charge in [0.1, 0.15) is 6.54 Å². The average molecular weight is 307 g/mol. The molecule has 0 radical (unpaired) electrons. The molecule has 0 spiro atoms. The highest BCUT2D eigenvalue weighted by atomic mass is 16.2. The summed E-state index contributed by atoms with van der Waals surface area (Å²) in [6.45, 7) is 1.34. The average Bonchev–Trinajstić information content (AvgIpc) is 2.80. The zero-order chi connectivity index (χ0) is 15.7. The van der Waals surface area contributed by atoms with Crippen LogP contribution in [0.25, 0.3) is 0 Å². The lowest BCUT2D eigenvalue weighted by molar-refractivity contribution is -0.147. The first-order chi connectivity index (χ1) is 10.6. The molecule has 0 aromatic heterocycles. The molecule has 1 N–H and O–H groups in total. The first-order valence-electron chi connectivity index (χ1n) is 8.42. The van der Waals surface area contributed by atoms with Crippen molar-refractivity contribution < 1.29 is 14.4 Å². The first kappa shape index (κ1) is 15.5. The maximum Gasteiger partial charge on any atom is 0.242 e. The number of nitrogens with zero attached hydrogens (tertiary/aromatic N) is 2. The van der Waals surface area contributed by atoms with Gasteiger partial charge in [0.15, 0.2) is 0 Å². The van der Waals surface area contributed by atoms with Crippen molar-refractivity contribution in [3.8, 4) is 0 Å². The molecule has 0 aromatic rings. The van der Waals surface area contributed by atoms with Gasteiger partial charge < -0.3 is 10.2 Å². The summed E-state index contributed by atoms with van der Waals surface area (Å²) in [6.07, 6.45) is 5.48. The Bertz CT molecular complexity index is 447. The monoisotopic (exact) mass is 307 g/mol. The van der Waals surface area contributed by atoms with Crippen LogP contribution < -0.4 is 5.32 Å². The summed E-state index contributed by atoms with van der Waals surface area (Å²) in [7, 11) is 1.94. The van der Waals surface area contributed by atoms with Crippen LogP contribution >= 0.6 is 0 Å². The fourth-order valence-corrected chi connectivity index (χ4v) is 4.04. The number of nitrogens with one attached hydrogen (secondary N) is 1. The van der Waals surface area contributed by atoms with Crippen LogP contribution in [0.1, 0.15) is 38.5 Å². The third-order valence-electron chi connectivity index (χ3n) is 5.48. The van der Waals surface area contributed by atoms with Crippen molar-refractivity contribution in [2.75, 3.05) is 26.7 Å². The fraction of sp³-hybridized carbons (Fsp3) is 0.812. The molecule has 3 aliphatic rings. The molecule has 6 heteroatoms. The van der Waals surface area contributed by atoms with E-state index in [1.165, 1.54) is 4.90 Å². The van der Waals surface area contributed by atoms with Gasteiger partial charge in [-0.15, -0.1) is 0 Å². The van der Waals surface area contributed by atoms with E-state index in [4.69, 9.17) is 0 Å². The summed E-state index contributed by atoms with van der Waals surface area (Å²) >= 11 is 0. The number of carbonyl (C=O) groups is 3. The Morgan fingerprint density at radius 2 is 1.59 bits per heavy atom. The molecule has 22 heavy (non-hydrogen) atoms. The first-order valence-corrected chi connectivity index (χ1v) is 8.42. The van der Waals surface area contributed by atoms with Crippen LogP contribution in [0.3, 0.4) is 0 Å². The molecule has 2 saturated heterocycles. The highest BCUT2D eigenvalue weighted by molar-refractivity contribution is 6.07. The largest absolute Gasteiger partial charge is 0.341 e. The number of rotatable bonds is 3. The zero-order valence-electron chi connectivity index (χ0n) is 13.2. The summed E-state index contributed by atoms with van der Waals surface area (Å²) in [6, 6.07) is 0.460. The standard InChI is InChI=1S/C16H25N3O3/c1-17-11-6-8-18(9-7-11)14(20)10-19-15(21)12-4-2-3-5-13(12)16(19)22/h11-13,17H,2-10H2,1H3. The van der Waals surface area contributed by atoms with Gasteiger partial charge in [-0.3, -0.25) is 19.3 Å². The number of piperidine rings is 1. The van der Waals surface area contributed by atoms with E-state index in [1.807, 2.05) is 7.05 Å². The van der Waals surface area contributed by atoms with Gasteiger partial charge in [0.25, 0.3) is 0 Å². The Balaban J connectivity index is 1.59. The highest BCUT2D eigenvalue weighted by Gasteiger charge is 2.48. The molecule has 1 aliphatic carbocycles. The van der Waals surface area contributed by atoms with Crippen molar-refractivity contribution in [2.45, 2.75) is 44.6 Å². The maximum absolute atomic E-state index is 12.4. The van der Waals surface area contributed by atoms with Crippen LogP contribution in [0.5, 0.6) is 0 Å². The van der Waals surface area contributed by atoms with Crippen LogP contribution in [0.15, 0.2) is 0 Å². The van der Waals surface area contributed by atoms with Gasteiger partial charge in [0.05, 0.1) is 11.8 Å². The van der Waals surface area contributed by atoms with Crippen molar-refractivity contribution in [3.63, 3.8) is 0 Å². The molecule has 3 fully saturated rings. The van der Waals surface area contributed by atoms with E-state index in [2.05, 4.69) is 5.32 Å². The topological polar surface area (TPSA) is 69.7 Å². The predicted molar refractivity (Wildman–Crippen MR) is 80.8 cm³/mol. The Hall–Kier alpha value is -1.43. The van der Waals surface area contributed by atoms with Crippen molar-refractivity contribution in [1.29, 1.82) is 0 Å². The lowest BCUT2D eigenvalue weighted by Crippen LogP contribution is -2.48. The summed E-state index contributed by atoms with van der Waals surface area (Å²) in [5.41, 5.74) is 0. The van der Waals surface area contributed by atoms with Crippen LogP contribution in [-0.4, -0.2) is 60.2 Å². The summed E-state index contributed by atoms with van der Waals surface area (Å²) in [5.74, 6) is -0.649. The van der Waals surface area contributed by atoms with Gasteiger partial charge in [-0.25, -0.2) is 0 Å². The smallest absolute Gasteiger partial charge is 0.242 e. The van der Waals surface area contributed by atoms with Crippen LogP contribution in [0.2, 0.25) is 0 Å². The second kappa shape index (κ2) is 6.36. The number of hydrogen-bond donors (Lipinski definition) is 1. The van der Waals surface area contributed by atoms with E-state index in [1.54, 1.807) is 4.90 Å².